The Balaban J connectivity index is 1.67. The second-order valence-corrected chi connectivity index (χ2v) is 7.79. The largest absolute Gasteiger partial charge is 0.494 e. The normalized spacial score (nSPS) is 12.4. The Kier molecular flexibility index (Phi) is 6.28. The van der Waals surface area contributed by atoms with Crippen LogP contribution in [0, 0.1) is 0 Å². The van der Waals surface area contributed by atoms with E-state index in [1.54, 1.807) is 49.5 Å². The molecule has 3 aromatic rings. The molecule has 7 heteroatoms. The minimum absolute atomic E-state index is 0.161. The molecule has 0 aliphatic carbocycles. The molecule has 2 aromatic carbocycles. The summed E-state index contributed by atoms with van der Waals surface area (Å²) >= 11 is 0. The first-order valence-electron chi connectivity index (χ1n) is 8.92. The summed E-state index contributed by atoms with van der Waals surface area (Å²) in [6, 6.07) is 18.4. The molecule has 0 spiro atoms. The van der Waals surface area contributed by atoms with Crippen LogP contribution < -0.4 is 14.2 Å². The van der Waals surface area contributed by atoms with Crippen molar-refractivity contribution in [3.63, 3.8) is 0 Å². The number of nitrogens with one attached hydrogen (secondary N) is 1. The molecule has 0 aliphatic rings. The summed E-state index contributed by atoms with van der Waals surface area (Å²) in [4.78, 5) is 4.34. The van der Waals surface area contributed by atoms with E-state index in [1.807, 2.05) is 25.1 Å². The molecule has 28 heavy (non-hydrogen) atoms. The van der Waals surface area contributed by atoms with Gasteiger partial charge in [0.1, 0.15) is 17.2 Å². The van der Waals surface area contributed by atoms with E-state index in [9.17, 15) is 8.42 Å². The van der Waals surface area contributed by atoms with Crippen molar-refractivity contribution >= 4 is 10.0 Å². The van der Waals surface area contributed by atoms with Gasteiger partial charge in [0.2, 0.25) is 10.0 Å². The van der Waals surface area contributed by atoms with Crippen LogP contribution in [0.1, 0.15) is 25.6 Å². The van der Waals surface area contributed by atoms with Crippen molar-refractivity contribution in [3.8, 4) is 17.2 Å². The number of ether oxygens (including phenoxy) is 2. The Hall–Kier alpha value is -2.90. The standard InChI is InChI=1S/C21H22N2O4S/c1-3-26-17-7-9-18(10-8-17)27-19-11-13-20(14-12-19)28(24,25)23-16(2)21-6-4-5-15-22-21/h4-16,23H,3H2,1-2H3. The maximum atomic E-state index is 12.6. The first-order chi connectivity index (χ1) is 13.5. The Morgan fingerprint density at radius 2 is 1.54 bits per heavy atom. The van der Waals surface area contributed by atoms with E-state index in [0.29, 0.717) is 23.8 Å². The van der Waals surface area contributed by atoms with Crippen molar-refractivity contribution in [2.24, 2.45) is 0 Å². The van der Waals surface area contributed by atoms with Crippen LogP contribution in [-0.4, -0.2) is 20.0 Å². The maximum Gasteiger partial charge on any atom is 0.241 e. The van der Waals surface area contributed by atoms with E-state index in [4.69, 9.17) is 9.47 Å². The average molecular weight is 398 g/mol. The molecule has 0 radical (unpaired) electrons. The number of benzene rings is 2. The molecule has 6 nitrogen and oxygen atoms in total. The zero-order chi connectivity index (χ0) is 20.0. The van der Waals surface area contributed by atoms with Gasteiger partial charge in [-0.2, -0.15) is 0 Å². The first kappa shape index (κ1) is 19.9. The molecule has 1 unspecified atom stereocenters. The summed E-state index contributed by atoms with van der Waals surface area (Å²) < 4.78 is 39.0. The summed E-state index contributed by atoms with van der Waals surface area (Å²) in [5.74, 6) is 1.95. The van der Waals surface area contributed by atoms with E-state index < -0.39 is 16.1 Å². The van der Waals surface area contributed by atoms with Gasteiger partial charge in [-0.25, -0.2) is 13.1 Å². The molecule has 3 rings (SSSR count). The van der Waals surface area contributed by atoms with Crippen LogP contribution in [0.2, 0.25) is 0 Å². The fraction of sp³-hybridized carbons (Fsp3) is 0.190. The number of rotatable bonds is 8. The summed E-state index contributed by atoms with van der Waals surface area (Å²) in [6.45, 7) is 4.28. The van der Waals surface area contributed by atoms with Gasteiger partial charge in [-0.15, -0.1) is 0 Å². The van der Waals surface area contributed by atoms with Gasteiger partial charge >= 0.3 is 0 Å². The van der Waals surface area contributed by atoms with Crippen molar-refractivity contribution in [1.82, 2.24) is 9.71 Å². The minimum Gasteiger partial charge on any atom is -0.494 e. The van der Waals surface area contributed by atoms with Gasteiger partial charge in [0.05, 0.1) is 23.2 Å². The van der Waals surface area contributed by atoms with Gasteiger partial charge in [-0.1, -0.05) is 6.07 Å². The predicted molar refractivity (Wildman–Crippen MR) is 107 cm³/mol. The molecular weight excluding hydrogens is 376 g/mol. The highest BCUT2D eigenvalue weighted by Crippen LogP contribution is 2.25. The molecule has 0 fully saturated rings. The van der Waals surface area contributed by atoms with Crippen LogP contribution in [0.3, 0.4) is 0 Å². The summed E-state index contributed by atoms with van der Waals surface area (Å²) in [7, 11) is -3.67. The number of sulfonamides is 1. The summed E-state index contributed by atoms with van der Waals surface area (Å²) in [6.07, 6.45) is 1.63. The fourth-order valence-corrected chi connectivity index (χ4v) is 3.80. The van der Waals surface area contributed by atoms with Crippen LogP contribution in [0.25, 0.3) is 0 Å². The van der Waals surface area contributed by atoms with Gasteiger partial charge in [-0.3, -0.25) is 4.98 Å². The van der Waals surface area contributed by atoms with Gasteiger partial charge in [-0.05, 0) is 74.5 Å². The molecule has 1 aromatic heterocycles. The Labute approximate surface area is 165 Å². The van der Waals surface area contributed by atoms with E-state index in [2.05, 4.69) is 9.71 Å². The quantitative estimate of drug-likeness (QED) is 0.612. The van der Waals surface area contributed by atoms with Crippen molar-refractivity contribution < 1.29 is 17.9 Å². The lowest BCUT2D eigenvalue weighted by atomic mass is 10.2. The van der Waals surface area contributed by atoms with Crippen molar-refractivity contribution in [2.75, 3.05) is 6.61 Å². The van der Waals surface area contributed by atoms with E-state index in [0.717, 1.165) is 5.75 Å². The van der Waals surface area contributed by atoms with Gasteiger partial charge in [0.15, 0.2) is 0 Å². The maximum absolute atomic E-state index is 12.6. The Morgan fingerprint density at radius 1 is 0.929 bits per heavy atom. The summed E-state index contributed by atoms with van der Waals surface area (Å²) in [5.41, 5.74) is 0.654. The lowest BCUT2D eigenvalue weighted by Gasteiger charge is -2.14. The first-order valence-corrected chi connectivity index (χ1v) is 10.4. The van der Waals surface area contributed by atoms with Crippen LogP contribution in [0.15, 0.2) is 77.8 Å². The van der Waals surface area contributed by atoms with Crippen LogP contribution >= 0.6 is 0 Å². The number of pyridine rings is 1. The lowest BCUT2D eigenvalue weighted by molar-refractivity contribution is 0.339. The molecule has 0 saturated heterocycles. The Bertz CT molecular complexity index is 989. The van der Waals surface area contributed by atoms with Crippen LogP contribution in [-0.2, 0) is 10.0 Å². The fourth-order valence-electron chi connectivity index (χ4n) is 2.59. The highest BCUT2D eigenvalue weighted by molar-refractivity contribution is 7.89. The highest BCUT2D eigenvalue weighted by Gasteiger charge is 2.19. The molecule has 0 amide bonds. The third-order valence-electron chi connectivity index (χ3n) is 3.97. The van der Waals surface area contributed by atoms with Crippen molar-refractivity contribution in [3.05, 3.63) is 78.6 Å². The molecule has 1 heterocycles. The molecule has 1 N–H and O–H groups in total. The molecular formula is C21H22N2O4S. The zero-order valence-corrected chi connectivity index (χ0v) is 16.5. The third-order valence-corrected chi connectivity index (χ3v) is 5.52. The van der Waals surface area contributed by atoms with E-state index >= 15 is 0 Å². The van der Waals surface area contributed by atoms with Crippen LogP contribution in [0.4, 0.5) is 0 Å². The van der Waals surface area contributed by atoms with Gasteiger partial charge < -0.3 is 9.47 Å². The number of hydrogen-bond donors (Lipinski definition) is 1. The second-order valence-electron chi connectivity index (χ2n) is 6.08. The zero-order valence-electron chi connectivity index (χ0n) is 15.7. The monoisotopic (exact) mass is 398 g/mol. The molecule has 0 saturated carbocycles. The minimum atomic E-state index is -3.67. The van der Waals surface area contributed by atoms with Gasteiger partial charge in [0.25, 0.3) is 0 Å². The summed E-state index contributed by atoms with van der Waals surface area (Å²) in [5, 5.41) is 0. The Morgan fingerprint density at radius 3 is 2.11 bits per heavy atom. The number of hydrogen-bond acceptors (Lipinski definition) is 5. The number of nitrogens with zero attached hydrogens (tertiary/aromatic N) is 1. The van der Waals surface area contributed by atoms with E-state index in [1.165, 1.54) is 12.1 Å². The SMILES string of the molecule is CCOc1ccc(Oc2ccc(S(=O)(=O)NC(C)c3ccccn3)cc2)cc1. The average Bonchev–Trinajstić information content (AvgIpc) is 2.70. The highest BCUT2D eigenvalue weighted by atomic mass is 32.2. The van der Waals surface area contributed by atoms with Crippen molar-refractivity contribution in [2.45, 2.75) is 24.8 Å². The van der Waals surface area contributed by atoms with Gasteiger partial charge in [0, 0.05) is 6.20 Å². The van der Waals surface area contributed by atoms with Crippen molar-refractivity contribution in [1.29, 1.82) is 0 Å². The van der Waals surface area contributed by atoms with Crippen LogP contribution in [0.5, 0.6) is 17.2 Å². The lowest BCUT2D eigenvalue weighted by Crippen LogP contribution is -2.27. The third kappa shape index (κ3) is 5.09. The molecule has 1 atom stereocenters. The smallest absolute Gasteiger partial charge is 0.241 e. The van der Waals surface area contributed by atoms with E-state index in [-0.39, 0.29) is 4.90 Å². The molecule has 0 bridgehead atoms. The topological polar surface area (TPSA) is 77.5 Å². The number of aromatic nitrogens is 1. The second kappa shape index (κ2) is 8.86. The molecule has 0 aliphatic heterocycles. The predicted octanol–water partition coefficient (Wildman–Crippen LogP) is 4.31. The molecule has 146 valence electrons.